The van der Waals surface area contributed by atoms with Crippen LogP contribution in [0.1, 0.15) is 45.4 Å². The normalized spacial score (nSPS) is 14.2. The van der Waals surface area contributed by atoms with Crippen LogP contribution in [0.3, 0.4) is 0 Å². The van der Waals surface area contributed by atoms with Crippen LogP contribution in [0, 0.1) is 0 Å². The van der Waals surface area contributed by atoms with Crippen molar-refractivity contribution in [1.29, 1.82) is 0 Å². The Bertz CT molecular complexity index is 1050. The molecule has 0 radical (unpaired) electrons. The lowest BCUT2D eigenvalue weighted by atomic mass is 9.95. The van der Waals surface area contributed by atoms with Crippen molar-refractivity contribution in [3.8, 4) is 22.8 Å². The highest BCUT2D eigenvalue weighted by atomic mass is 16.2. The molecule has 0 saturated heterocycles. The van der Waals surface area contributed by atoms with E-state index in [0.717, 1.165) is 29.7 Å². The van der Waals surface area contributed by atoms with Gasteiger partial charge in [0.15, 0.2) is 11.6 Å². The molecule has 1 aliphatic carbocycles. The smallest absolute Gasteiger partial charge is 0.242 e. The number of anilines is 1. The Kier molecular flexibility index (Phi) is 6.94. The number of aromatic nitrogens is 3. The van der Waals surface area contributed by atoms with Crippen molar-refractivity contribution < 1.29 is 9.59 Å². The van der Waals surface area contributed by atoms with Gasteiger partial charge in [0, 0.05) is 29.3 Å². The third kappa shape index (κ3) is 5.41. The van der Waals surface area contributed by atoms with Gasteiger partial charge < -0.3 is 10.6 Å². The predicted molar refractivity (Wildman–Crippen MR) is 125 cm³/mol. The number of amides is 2. The Morgan fingerprint density at radius 1 is 0.938 bits per heavy atom. The molecule has 7 heteroatoms. The van der Waals surface area contributed by atoms with Crippen molar-refractivity contribution in [3.63, 3.8) is 0 Å². The molecule has 0 bridgehead atoms. The molecule has 166 valence electrons. The van der Waals surface area contributed by atoms with E-state index in [0.29, 0.717) is 18.1 Å². The summed E-state index contributed by atoms with van der Waals surface area (Å²) in [6, 6.07) is 17.4. The van der Waals surface area contributed by atoms with Gasteiger partial charge in [-0.2, -0.15) is 0 Å². The van der Waals surface area contributed by atoms with E-state index in [-0.39, 0.29) is 24.4 Å². The number of nitrogens with one attached hydrogen (secondary N) is 2. The van der Waals surface area contributed by atoms with E-state index in [4.69, 9.17) is 4.98 Å². The number of hydrogen-bond donors (Lipinski definition) is 2. The van der Waals surface area contributed by atoms with Crippen molar-refractivity contribution in [2.45, 2.75) is 58.0 Å². The number of benzene rings is 2. The Labute approximate surface area is 188 Å². The summed E-state index contributed by atoms with van der Waals surface area (Å²) >= 11 is 0. The van der Waals surface area contributed by atoms with Crippen molar-refractivity contribution in [2.75, 3.05) is 5.32 Å². The molecule has 1 aromatic heterocycles. The van der Waals surface area contributed by atoms with E-state index in [2.05, 4.69) is 15.7 Å². The lowest BCUT2D eigenvalue weighted by Crippen LogP contribution is -2.38. The van der Waals surface area contributed by atoms with Gasteiger partial charge in [0.25, 0.3) is 0 Å². The summed E-state index contributed by atoms with van der Waals surface area (Å²) in [6.07, 6.45) is 6.10. The van der Waals surface area contributed by atoms with Gasteiger partial charge in [-0.1, -0.05) is 56.5 Å². The highest BCUT2D eigenvalue weighted by Gasteiger charge is 2.19. The average Bonchev–Trinajstić information content (AvgIpc) is 3.24. The standard InChI is InChI=1S/C25H29N5O2/c1-2-22(31)26-21-15-13-18(14-16-21)24-28-25(19-9-5-3-6-10-19)30(29-24)17-23(32)27-20-11-7-4-8-12-20/h3,5-6,9-10,13-16,20H,2,4,7-8,11-12,17H2,1H3,(H,26,31)(H,27,32). The maximum Gasteiger partial charge on any atom is 0.242 e. The summed E-state index contributed by atoms with van der Waals surface area (Å²) in [7, 11) is 0. The van der Waals surface area contributed by atoms with Crippen LogP contribution >= 0.6 is 0 Å². The summed E-state index contributed by atoms with van der Waals surface area (Å²) in [4.78, 5) is 29.1. The number of nitrogens with zero attached hydrogens (tertiary/aromatic N) is 3. The lowest BCUT2D eigenvalue weighted by molar-refractivity contribution is -0.122. The van der Waals surface area contributed by atoms with Gasteiger partial charge in [-0.15, -0.1) is 5.10 Å². The monoisotopic (exact) mass is 431 g/mol. The van der Waals surface area contributed by atoms with Crippen LogP contribution in [0.4, 0.5) is 5.69 Å². The molecule has 1 fully saturated rings. The summed E-state index contributed by atoms with van der Waals surface area (Å²) < 4.78 is 1.68. The van der Waals surface area contributed by atoms with Crippen LogP contribution in [0.2, 0.25) is 0 Å². The van der Waals surface area contributed by atoms with E-state index >= 15 is 0 Å². The van der Waals surface area contributed by atoms with Crippen molar-refractivity contribution in [3.05, 3.63) is 54.6 Å². The first-order chi connectivity index (χ1) is 15.6. The first-order valence-corrected chi connectivity index (χ1v) is 11.3. The molecular formula is C25H29N5O2. The Morgan fingerprint density at radius 3 is 2.34 bits per heavy atom. The largest absolute Gasteiger partial charge is 0.352 e. The maximum atomic E-state index is 12.7. The van der Waals surface area contributed by atoms with E-state index in [9.17, 15) is 9.59 Å². The molecule has 2 N–H and O–H groups in total. The fraction of sp³-hybridized carbons (Fsp3) is 0.360. The zero-order valence-electron chi connectivity index (χ0n) is 18.4. The van der Waals surface area contributed by atoms with Crippen LogP contribution in [0.15, 0.2) is 54.6 Å². The second-order valence-corrected chi connectivity index (χ2v) is 8.16. The highest BCUT2D eigenvalue weighted by molar-refractivity contribution is 5.90. The van der Waals surface area contributed by atoms with Gasteiger partial charge >= 0.3 is 0 Å². The molecule has 4 rings (SSSR count). The minimum atomic E-state index is -0.0387. The van der Waals surface area contributed by atoms with E-state index in [1.807, 2.05) is 61.5 Å². The third-order valence-electron chi connectivity index (χ3n) is 5.72. The van der Waals surface area contributed by atoms with Gasteiger partial charge in [0.05, 0.1) is 0 Å². The Balaban J connectivity index is 1.57. The van der Waals surface area contributed by atoms with Gasteiger partial charge in [0.2, 0.25) is 11.8 Å². The molecule has 2 aromatic carbocycles. The molecule has 1 saturated carbocycles. The number of hydrogen-bond acceptors (Lipinski definition) is 4. The minimum Gasteiger partial charge on any atom is -0.352 e. The highest BCUT2D eigenvalue weighted by Crippen LogP contribution is 2.24. The zero-order chi connectivity index (χ0) is 22.3. The maximum absolute atomic E-state index is 12.7. The molecule has 3 aromatic rings. The van der Waals surface area contributed by atoms with Crippen LogP contribution in [-0.4, -0.2) is 32.6 Å². The molecule has 0 atom stereocenters. The van der Waals surface area contributed by atoms with Crippen LogP contribution in [0.25, 0.3) is 22.8 Å². The summed E-state index contributed by atoms with van der Waals surface area (Å²) in [5.41, 5.74) is 2.46. The molecule has 0 aliphatic heterocycles. The van der Waals surface area contributed by atoms with E-state index < -0.39 is 0 Å². The second kappa shape index (κ2) is 10.2. The first-order valence-electron chi connectivity index (χ1n) is 11.3. The SMILES string of the molecule is CCC(=O)Nc1ccc(-c2nc(-c3ccccc3)n(CC(=O)NC3CCCCC3)n2)cc1. The summed E-state index contributed by atoms with van der Waals surface area (Å²) in [6.45, 7) is 1.94. The lowest BCUT2D eigenvalue weighted by Gasteiger charge is -2.22. The molecule has 1 aliphatic rings. The van der Waals surface area contributed by atoms with Gasteiger partial charge in [0.1, 0.15) is 6.54 Å². The number of rotatable bonds is 7. The molecule has 2 amide bonds. The summed E-state index contributed by atoms with van der Waals surface area (Å²) in [5.74, 6) is 1.13. The summed E-state index contributed by atoms with van der Waals surface area (Å²) in [5, 5.41) is 10.7. The molecule has 1 heterocycles. The van der Waals surface area contributed by atoms with E-state index in [1.54, 1.807) is 4.68 Å². The fourth-order valence-corrected chi connectivity index (χ4v) is 3.98. The van der Waals surface area contributed by atoms with Crippen LogP contribution in [-0.2, 0) is 16.1 Å². The molecule has 0 unspecified atom stereocenters. The number of carbonyl (C=O) groups excluding carboxylic acids is 2. The molecular weight excluding hydrogens is 402 g/mol. The van der Waals surface area contributed by atoms with Crippen LogP contribution < -0.4 is 10.6 Å². The topological polar surface area (TPSA) is 88.9 Å². The fourth-order valence-electron chi connectivity index (χ4n) is 3.98. The van der Waals surface area contributed by atoms with Crippen molar-refractivity contribution >= 4 is 17.5 Å². The van der Waals surface area contributed by atoms with Gasteiger partial charge in [-0.05, 0) is 37.1 Å². The first kappa shape index (κ1) is 21.7. The Morgan fingerprint density at radius 2 is 1.66 bits per heavy atom. The third-order valence-corrected chi connectivity index (χ3v) is 5.72. The molecule has 32 heavy (non-hydrogen) atoms. The molecule has 0 spiro atoms. The number of carbonyl (C=O) groups is 2. The zero-order valence-corrected chi connectivity index (χ0v) is 18.4. The quantitative estimate of drug-likeness (QED) is 0.580. The van der Waals surface area contributed by atoms with Crippen molar-refractivity contribution in [2.24, 2.45) is 0 Å². The average molecular weight is 432 g/mol. The predicted octanol–water partition coefficient (Wildman–Crippen LogP) is 4.41. The molecule has 7 nitrogen and oxygen atoms in total. The van der Waals surface area contributed by atoms with E-state index in [1.165, 1.54) is 19.3 Å². The van der Waals surface area contributed by atoms with Gasteiger partial charge in [-0.3, -0.25) is 9.59 Å². The minimum absolute atomic E-state index is 0.0319. The Hall–Kier alpha value is -3.48. The van der Waals surface area contributed by atoms with Crippen LogP contribution in [0.5, 0.6) is 0 Å². The van der Waals surface area contributed by atoms with Crippen molar-refractivity contribution in [1.82, 2.24) is 20.1 Å². The second-order valence-electron chi connectivity index (χ2n) is 8.16. The van der Waals surface area contributed by atoms with Gasteiger partial charge in [-0.25, -0.2) is 9.67 Å².